The Bertz CT molecular complexity index is 209. The minimum absolute atomic E-state index is 0.143. The highest BCUT2D eigenvalue weighted by Crippen LogP contribution is 2.07. The molecular formula is C9H16FNO. The Morgan fingerprint density at radius 3 is 1.92 bits per heavy atom. The molecule has 0 heterocycles. The van der Waals surface area contributed by atoms with Crippen LogP contribution in [-0.2, 0) is 4.79 Å². The van der Waals surface area contributed by atoms with Gasteiger partial charge < -0.3 is 5.32 Å². The number of allylic oxidation sites excluding steroid dienone is 1. The summed E-state index contributed by atoms with van der Waals surface area (Å²) in [7, 11) is 0. The molecule has 0 aliphatic heterocycles. The van der Waals surface area contributed by atoms with Gasteiger partial charge in [0, 0.05) is 11.1 Å². The first-order valence-electron chi connectivity index (χ1n) is 3.89. The molecule has 2 nitrogen and oxygen atoms in total. The molecule has 0 saturated heterocycles. The molecule has 0 rings (SSSR count). The van der Waals surface area contributed by atoms with Crippen LogP contribution in [0.3, 0.4) is 0 Å². The summed E-state index contributed by atoms with van der Waals surface area (Å²) in [5.41, 5.74) is -0.168. The Morgan fingerprint density at radius 1 is 1.25 bits per heavy atom. The van der Waals surface area contributed by atoms with Gasteiger partial charge in [0.2, 0.25) is 5.91 Å². The van der Waals surface area contributed by atoms with E-state index in [1.165, 1.54) is 13.8 Å². The van der Waals surface area contributed by atoms with Gasteiger partial charge in [-0.25, -0.2) is 4.39 Å². The molecule has 0 radical (unpaired) electrons. The number of halogens is 1. The molecule has 1 amide bonds. The second-order valence-electron chi connectivity index (χ2n) is 3.86. The Labute approximate surface area is 72.8 Å². The smallest absolute Gasteiger partial charge is 0.249 e. The molecule has 0 fully saturated rings. The van der Waals surface area contributed by atoms with Gasteiger partial charge in [0.15, 0.2) is 0 Å². The van der Waals surface area contributed by atoms with Gasteiger partial charge in [-0.05, 0) is 34.6 Å². The van der Waals surface area contributed by atoms with Crippen molar-refractivity contribution in [3.05, 3.63) is 11.4 Å². The van der Waals surface area contributed by atoms with Crippen molar-refractivity contribution >= 4 is 5.91 Å². The van der Waals surface area contributed by atoms with E-state index in [2.05, 4.69) is 5.32 Å². The average molecular weight is 173 g/mol. The average Bonchev–Trinajstić information content (AvgIpc) is 1.82. The lowest BCUT2D eigenvalue weighted by atomic mass is 10.1. The summed E-state index contributed by atoms with van der Waals surface area (Å²) < 4.78 is 12.5. The van der Waals surface area contributed by atoms with Crippen molar-refractivity contribution in [2.24, 2.45) is 0 Å². The van der Waals surface area contributed by atoms with Crippen LogP contribution in [0.25, 0.3) is 0 Å². The number of hydrogen-bond donors (Lipinski definition) is 1. The third-order valence-electron chi connectivity index (χ3n) is 1.35. The van der Waals surface area contributed by atoms with E-state index in [1.807, 2.05) is 20.8 Å². The number of carbonyl (C=O) groups excluding carboxylic acids is 1. The SMILES string of the molecule is C/C(F)=C(\C)C(=O)NC(C)(C)C. The molecule has 0 aromatic heterocycles. The fourth-order valence-corrected chi connectivity index (χ4v) is 0.591. The van der Waals surface area contributed by atoms with Gasteiger partial charge in [-0.2, -0.15) is 0 Å². The van der Waals surface area contributed by atoms with Crippen molar-refractivity contribution in [1.82, 2.24) is 5.32 Å². The Balaban J connectivity index is 4.36. The van der Waals surface area contributed by atoms with Crippen LogP contribution in [0.15, 0.2) is 11.4 Å². The molecule has 3 heteroatoms. The van der Waals surface area contributed by atoms with Crippen molar-refractivity contribution in [3.8, 4) is 0 Å². The third-order valence-corrected chi connectivity index (χ3v) is 1.35. The third kappa shape index (κ3) is 4.11. The number of rotatable bonds is 1. The first kappa shape index (κ1) is 11.1. The summed E-state index contributed by atoms with van der Waals surface area (Å²) in [6, 6.07) is 0. The second kappa shape index (κ2) is 3.70. The number of carbonyl (C=O) groups is 1. The Morgan fingerprint density at radius 2 is 1.67 bits per heavy atom. The van der Waals surface area contributed by atoms with Crippen LogP contribution in [-0.4, -0.2) is 11.4 Å². The van der Waals surface area contributed by atoms with E-state index in [-0.39, 0.29) is 17.0 Å². The van der Waals surface area contributed by atoms with Crippen LogP contribution in [0.4, 0.5) is 4.39 Å². The van der Waals surface area contributed by atoms with Crippen LogP contribution >= 0.6 is 0 Å². The van der Waals surface area contributed by atoms with Gasteiger partial charge in [-0.3, -0.25) is 4.79 Å². The van der Waals surface area contributed by atoms with Crippen molar-refractivity contribution in [2.75, 3.05) is 0 Å². The van der Waals surface area contributed by atoms with Crippen LogP contribution in [0.5, 0.6) is 0 Å². The molecule has 0 spiro atoms. The predicted octanol–water partition coefficient (Wildman–Crippen LogP) is 2.16. The number of hydrogen-bond acceptors (Lipinski definition) is 1. The number of nitrogens with one attached hydrogen (secondary N) is 1. The predicted molar refractivity (Wildman–Crippen MR) is 47.4 cm³/mol. The first-order chi connectivity index (χ1) is 5.24. The second-order valence-corrected chi connectivity index (χ2v) is 3.86. The molecule has 1 N–H and O–H groups in total. The molecule has 0 unspecified atom stereocenters. The molecule has 0 aliphatic rings. The Hall–Kier alpha value is -0.860. The monoisotopic (exact) mass is 173 g/mol. The van der Waals surface area contributed by atoms with E-state index < -0.39 is 5.83 Å². The first-order valence-corrected chi connectivity index (χ1v) is 3.89. The molecule has 0 saturated carbocycles. The van der Waals surface area contributed by atoms with E-state index in [4.69, 9.17) is 0 Å². The van der Waals surface area contributed by atoms with Gasteiger partial charge >= 0.3 is 0 Å². The van der Waals surface area contributed by atoms with Crippen molar-refractivity contribution in [1.29, 1.82) is 0 Å². The van der Waals surface area contributed by atoms with Gasteiger partial charge in [0.05, 0.1) is 0 Å². The molecule has 12 heavy (non-hydrogen) atoms. The zero-order valence-electron chi connectivity index (χ0n) is 8.29. The normalized spacial score (nSPS) is 13.8. The molecule has 0 aromatic rings. The lowest BCUT2D eigenvalue weighted by molar-refractivity contribution is -0.118. The molecule has 0 aliphatic carbocycles. The Kier molecular flexibility index (Phi) is 3.43. The van der Waals surface area contributed by atoms with Crippen LogP contribution < -0.4 is 5.32 Å². The summed E-state index contributed by atoms with van der Waals surface area (Å²) in [4.78, 5) is 11.2. The summed E-state index contributed by atoms with van der Waals surface area (Å²) in [6.45, 7) is 8.30. The van der Waals surface area contributed by atoms with Gasteiger partial charge in [-0.1, -0.05) is 0 Å². The minimum Gasteiger partial charge on any atom is -0.348 e. The zero-order valence-corrected chi connectivity index (χ0v) is 8.29. The quantitative estimate of drug-likeness (QED) is 0.605. The highest BCUT2D eigenvalue weighted by Gasteiger charge is 2.15. The lowest BCUT2D eigenvalue weighted by Crippen LogP contribution is -2.41. The van der Waals surface area contributed by atoms with Crippen molar-refractivity contribution < 1.29 is 9.18 Å². The molecular weight excluding hydrogens is 157 g/mol. The summed E-state index contributed by atoms with van der Waals surface area (Å²) in [5, 5.41) is 2.66. The fourth-order valence-electron chi connectivity index (χ4n) is 0.591. The van der Waals surface area contributed by atoms with Crippen LogP contribution in [0.2, 0.25) is 0 Å². The zero-order chi connectivity index (χ0) is 9.94. The molecule has 0 aromatic carbocycles. The molecule has 0 bridgehead atoms. The highest BCUT2D eigenvalue weighted by molar-refractivity contribution is 5.93. The van der Waals surface area contributed by atoms with E-state index in [1.54, 1.807) is 0 Å². The van der Waals surface area contributed by atoms with Gasteiger partial charge in [0.25, 0.3) is 0 Å². The maximum absolute atomic E-state index is 12.5. The standard InChI is InChI=1S/C9H16FNO/c1-6(7(2)10)8(12)11-9(3,4)5/h1-5H3,(H,11,12)/b7-6-. The summed E-state index contributed by atoms with van der Waals surface area (Å²) in [5.74, 6) is -0.778. The van der Waals surface area contributed by atoms with Gasteiger partial charge in [-0.15, -0.1) is 0 Å². The maximum atomic E-state index is 12.5. The lowest BCUT2D eigenvalue weighted by Gasteiger charge is -2.20. The molecule has 0 atom stereocenters. The van der Waals surface area contributed by atoms with Crippen LogP contribution in [0.1, 0.15) is 34.6 Å². The largest absolute Gasteiger partial charge is 0.348 e. The fraction of sp³-hybridized carbons (Fsp3) is 0.667. The maximum Gasteiger partial charge on any atom is 0.249 e. The van der Waals surface area contributed by atoms with Crippen LogP contribution in [0, 0.1) is 0 Å². The van der Waals surface area contributed by atoms with E-state index in [0.717, 1.165) is 0 Å². The van der Waals surface area contributed by atoms with Crippen molar-refractivity contribution in [3.63, 3.8) is 0 Å². The number of amides is 1. The van der Waals surface area contributed by atoms with E-state index >= 15 is 0 Å². The van der Waals surface area contributed by atoms with Gasteiger partial charge in [0.1, 0.15) is 5.83 Å². The van der Waals surface area contributed by atoms with E-state index in [9.17, 15) is 9.18 Å². The van der Waals surface area contributed by atoms with E-state index in [0.29, 0.717) is 0 Å². The minimum atomic E-state index is -0.434. The summed E-state index contributed by atoms with van der Waals surface area (Å²) >= 11 is 0. The molecule has 70 valence electrons. The summed E-state index contributed by atoms with van der Waals surface area (Å²) in [6.07, 6.45) is 0. The highest BCUT2D eigenvalue weighted by atomic mass is 19.1. The topological polar surface area (TPSA) is 29.1 Å². The van der Waals surface area contributed by atoms with Crippen molar-refractivity contribution in [2.45, 2.75) is 40.2 Å².